The number of rotatable bonds is 7. The third-order valence-corrected chi connectivity index (χ3v) is 5.22. The van der Waals surface area contributed by atoms with E-state index in [-0.39, 0.29) is 17.2 Å². The number of nitriles is 1. The number of amides is 2. The Kier molecular flexibility index (Phi) is 6.87. The molecular formula is C21H19N3O4S. The molecule has 1 aliphatic rings. The van der Waals surface area contributed by atoms with Crippen molar-refractivity contribution in [3.63, 3.8) is 0 Å². The van der Waals surface area contributed by atoms with E-state index in [1.165, 1.54) is 11.8 Å². The highest BCUT2D eigenvalue weighted by Gasteiger charge is 2.26. The molecule has 0 spiro atoms. The van der Waals surface area contributed by atoms with Gasteiger partial charge >= 0.3 is 5.97 Å². The van der Waals surface area contributed by atoms with Gasteiger partial charge < -0.3 is 15.0 Å². The van der Waals surface area contributed by atoms with Crippen LogP contribution >= 0.6 is 11.8 Å². The van der Waals surface area contributed by atoms with E-state index in [1.807, 2.05) is 12.1 Å². The normalized spacial score (nSPS) is 13.1. The summed E-state index contributed by atoms with van der Waals surface area (Å²) in [4.78, 5) is 39.1. The standard InChI is InChI=1S/C21H19N3O4S/c22-11-13-29-18-9-4-2-7-16(18)23-19(25)14-28-21(27)15-6-1-3-8-17(15)24-12-5-10-20(24)26/h1-4,6-9H,5,10,12-14H2,(H,23,25). The molecule has 0 aliphatic carbocycles. The van der Waals surface area contributed by atoms with Gasteiger partial charge in [-0.3, -0.25) is 9.59 Å². The van der Waals surface area contributed by atoms with Crippen molar-refractivity contribution in [3.05, 3.63) is 54.1 Å². The third-order valence-electron chi connectivity index (χ3n) is 4.28. The van der Waals surface area contributed by atoms with Crippen molar-refractivity contribution < 1.29 is 19.1 Å². The van der Waals surface area contributed by atoms with Crippen LogP contribution in [0.15, 0.2) is 53.4 Å². The van der Waals surface area contributed by atoms with E-state index < -0.39 is 18.5 Å². The number of carbonyl (C=O) groups excluding carboxylic acids is 3. The van der Waals surface area contributed by atoms with Gasteiger partial charge in [-0.05, 0) is 30.7 Å². The summed E-state index contributed by atoms with van der Waals surface area (Å²) in [5, 5.41) is 11.4. The van der Waals surface area contributed by atoms with E-state index in [2.05, 4.69) is 5.32 Å². The van der Waals surface area contributed by atoms with E-state index >= 15 is 0 Å². The van der Waals surface area contributed by atoms with Crippen LogP contribution in [0.1, 0.15) is 23.2 Å². The highest BCUT2D eigenvalue weighted by molar-refractivity contribution is 7.99. The number of nitrogens with one attached hydrogen (secondary N) is 1. The molecule has 2 aromatic carbocycles. The van der Waals surface area contributed by atoms with Crippen LogP contribution in [0.2, 0.25) is 0 Å². The number of thioether (sulfide) groups is 1. The number of esters is 1. The van der Waals surface area contributed by atoms with Crippen LogP contribution in [0.25, 0.3) is 0 Å². The number of hydrogen-bond donors (Lipinski definition) is 1. The van der Waals surface area contributed by atoms with Gasteiger partial charge in [-0.25, -0.2) is 4.79 Å². The van der Waals surface area contributed by atoms with Gasteiger partial charge in [-0.1, -0.05) is 24.3 Å². The Bertz CT molecular complexity index is 970. The molecule has 29 heavy (non-hydrogen) atoms. The van der Waals surface area contributed by atoms with Gasteiger partial charge in [0.15, 0.2) is 6.61 Å². The summed E-state index contributed by atoms with van der Waals surface area (Å²) in [5.74, 6) is -0.927. The first-order valence-corrected chi connectivity index (χ1v) is 10.0. The summed E-state index contributed by atoms with van der Waals surface area (Å²) >= 11 is 1.31. The van der Waals surface area contributed by atoms with Crippen molar-refractivity contribution in [1.82, 2.24) is 0 Å². The monoisotopic (exact) mass is 409 g/mol. The highest BCUT2D eigenvalue weighted by atomic mass is 32.2. The van der Waals surface area contributed by atoms with Crippen LogP contribution in [0, 0.1) is 11.3 Å². The fraction of sp³-hybridized carbons (Fsp3) is 0.238. The summed E-state index contributed by atoms with van der Waals surface area (Å²) in [6, 6.07) is 15.8. The van der Waals surface area contributed by atoms with Crippen molar-refractivity contribution >= 4 is 40.9 Å². The Morgan fingerprint density at radius 2 is 1.93 bits per heavy atom. The number of ether oxygens (including phenoxy) is 1. The second kappa shape index (κ2) is 9.75. The molecule has 3 rings (SSSR count). The summed E-state index contributed by atoms with van der Waals surface area (Å²) in [6.07, 6.45) is 1.20. The zero-order chi connectivity index (χ0) is 20.6. The molecule has 0 atom stereocenters. The first-order valence-electron chi connectivity index (χ1n) is 9.05. The minimum Gasteiger partial charge on any atom is -0.452 e. The first-order chi connectivity index (χ1) is 14.1. The summed E-state index contributed by atoms with van der Waals surface area (Å²) < 4.78 is 5.17. The molecule has 0 bridgehead atoms. The lowest BCUT2D eigenvalue weighted by Crippen LogP contribution is -2.27. The van der Waals surface area contributed by atoms with Crippen molar-refractivity contribution in [1.29, 1.82) is 5.26 Å². The Hall–Kier alpha value is -3.31. The van der Waals surface area contributed by atoms with E-state index in [9.17, 15) is 14.4 Å². The average molecular weight is 409 g/mol. The van der Waals surface area contributed by atoms with Crippen molar-refractivity contribution in [2.24, 2.45) is 0 Å². The van der Waals surface area contributed by atoms with Gasteiger partial charge in [-0.15, -0.1) is 11.8 Å². The zero-order valence-corrected chi connectivity index (χ0v) is 16.4. The number of carbonyl (C=O) groups is 3. The largest absolute Gasteiger partial charge is 0.452 e. The molecule has 148 valence electrons. The van der Waals surface area contributed by atoms with Crippen molar-refractivity contribution in [2.75, 3.05) is 29.1 Å². The maximum Gasteiger partial charge on any atom is 0.340 e. The predicted octanol–water partition coefficient (Wildman–Crippen LogP) is 3.22. The lowest BCUT2D eigenvalue weighted by Gasteiger charge is -2.18. The average Bonchev–Trinajstić information content (AvgIpc) is 3.17. The van der Waals surface area contributed by atoms with Crippen molar-refractivity contribution in [3.8, 4) is 6.07 Å². The molecule has 1 fully saturated rings. The van der Waals surface area contributed by atoms with Gasteiger partial charge in [0.25, 0.3) is 5.91 Å². The SMILES string of the molecule is N#CCSc1ccccc1NC(=O)COC(=O)c1ccccc1N1CCCC1=O. The molecule has 1 saturated heterocycles. The number of anilines is 2. The number of nitrogens with zero attached hydrogens (tertiary/aromatic N) is 2. The summed E-state index contributed by atoms with van der Waals surface area (Å²) in [6.45, 7) is 0.0964. The molecule has 2 amide bonds. The minimum absolute atomic E-state index is 0.0329. The van der Waals surface area contributed by atoms with Crippen LogP contribution in [-0.4, -0.2) is 36.7 Å². The summed E-state index contributed by atoms with van der Waals surface area (Å²) in [7, 11) is 0. The summed E-state index contributed by atoms with van der Waals surface area (Å²) in [5.41, 5.74) is 1.30. The molecule has 0 aromatic heterocycles. The molecule has 1 heterocycles. The minimum atomic E-state index is -0.664. The van der Waals surface area contributed by atoms with Gasteiger partial charge in [0, 0.05) is 17.9 Å². The molecule has 1 aliphatic heterocycles. The van der Waals surface area contributed by atoms with Gasteiger partial charge in [0.1, 0.15) is 0 Å². The van der Waals surface area contributed by atoms with E-state index in [0.29, 0.717) is 24.3 Å². The molecule has 2 aromatic rings. The fourth-order valence-corrected chi connectivity index (χ4v) is 3.65. The lowest BCUT2D eigenvalue weighted by atomic mass is 10.1. The van der Waals surface area contributed by atoms with E-state index in [1.54, 1.807) is 47.4 Å². The van der Waals surface area contributed by atoms with E-state index in [4.69, 9.17) is 10.00 Å². The number of para-hydroxylation sites is 2. The molecular weight excluding hydrogens is 390 g/mol. The molecule has 7 nitrogen and oxygen atoms in total. The first kappa shape index (κ1) is 20.4. The van der Waals surface area contributed by atoms with Crippen LogP contribution in [-0.2, 0) is 14.3 Å². The third kappa shape index (κ3) is 5.15. The molecule has 0 unspecified atom stereocenters. The Labute approximate surface area is 172 Å². The van der Waals surface area contributed by atoms with Gasteiger partial charge in [0.05, 0.1) is 28.8 Å². The quantitative estimate of drug-likeness (QED) is 0.557. The van der Waals surface area contributed by atoms with Crippen LogP contribution in [0.3, 0.4) is 0 Å². The zero-order valence-electron chi connectivity index (χ0n) is 15.6. The second-order valence-corrected chi connectivity index (χ2v) is 7.25. The van der Waals surface area contributed by atoms with Crippen molar-refractivity contribution in [2.45, 2.75) is 17.7 Å². The number of hydrogen-bond acceptors (Lipinski definition) is 6. The smallest absolute Gasteiger partial charge is 0.340 e. The van der Waals surface area contributed by atoms with Gasteiger partial charge in [-0.2, -0.15) is 5.26 Å². The second-order valence-electron chi connectivity index (χ2n) is 6.23. The maximum absolute atomic E-state index is 12.5. The van der Waals surface area contributed by atoms with Gasteiger partial charge in [0.2, 0.25) is 5.91 Å². The highest BCUT2D eigenvalue weighted by Crippen LogP contribution is 2.27. The Morgan fingerprint density at radius 1 is 1.17 bits per heavy atom. The molecule has 0 saturated carbocycles. The number of benzene rings is 2. The fourth-order valence-electron chi connectivity index (χ4n) is 2.99. The predicted molar refractivity (Wildman–Crippen MR) is 110 cm³/mol. The van der Waals surface area contributed by atoms with E-state index in [0.717, 1.165) is 11.3 Å². The molecule has 8 heteroatoms. The van der Waals surface area contributed by atoms with Crippen LogP contribution < -0.4 is 10.2 Å². The maximum atomic E-state index is 12.5. The molecule has 0 radical (unpaired) electrons. The Balaban J connectivity index is 1.63. The topological polar surface area (TPSA) is 99.5 Å². The Morgan fingerprint density at radius 3 is 2.69 bits per heavy atom. The van der Waals surface area contributed by atoms with Crippen LogP contribution in [0.4, 0.5) is 11.4 Å². The molecule has 1 N–H and O–H groups in total. The lowest BCUT2D eigenvalue weighted by molar-refractivity contribution is -0.119. The van der Waals surface area contributed by atoms with Crippen LogP contribution in [0.5, 0.6) is 0 Å².